The Morgan fingerprint density at radius 2 is 1.87 bits per heavy atom. The summed E-state index contributed by atoms with van der Waals surface area (Å²) in [6.07, 6.45) is -0.830. The van der Waals surface area contributed by atoms with Crippen molar-refractivity contribution in [1.82, 2.24) is 5.32 Å². The number of carbonyl (C=O) groups excluding carboxylic acids is 1. The van der Waals surface area contributed by atoms with Gasteiger partial charge in [0.15, 0.2) is 0 Å². The topological polar surface area (TPSA) is 29.1 Å². The van der Waals surface area contributed by atoms with E-state index >= 15 is 0 Å². The second-order valence-electron chi connectivity index (χ2n) is 5.37. The molecule has 2 nitrogen and oxygen atoms in total. The summed E-state index contributed by atoms with van der Waals surface area (Å²) in [5.74, 6) is 5.30. The van der Waals surface area contributed by atoms with Crippen molar-refractivity contribution in [2.45, 2.75) is 45.7 Å². The smallest absolute Gasteiger partial charge is 0.345 e. The van der Waals surface area contributed by atoms with E-state index in [2.05, 4.69) is 17.2 Å². The Morgan fingerprint density at radius 3 is 2.43 bits per heavy atom. The van der Waals surface area contributed by atoms with Gasteiger partial charge in [-0.2, -0.15) is 13.2 Å². The molecule has 1 amide bonds. The molecule has 1 aromatic carbocycles. The fraction of sp³-hybridized carbons (Fsp3) is 0.500. The quantitative estimate of drug-likeness (QED) is 0.772. The summed E-state index contributed by atoms with van der Waals surface area (Å²) in [5, 5.41) is 2.73. The van der Waals surface area contributed by atoms with E-state index in [-0.39, 0.29) is 23.9 Å². The molecule has 0 heterocycles. The van der Waals surface area contributed by atoms with Gasteiger partial charge in [0.1, 0.15) is 0 Å². The molecule has 126 valence electrons. The molecule has 0 saturated heterocycles. The van der Waals surface area contributed by atoms with Crippen molar-refractivity contribution in [1.29, 1.82) is 0 Å². The molecule has 23 heavy (non-hydrogen) atoms. The van der Waals surface area contributed by atoms with Gasteiger partial charge in [-0.25, -0.2) is 0 Å². The predicted octanol–water partition coefficient (Wildman–Crippen LogP) is 4.39. The van der Waals surface area contributed by atoms with E-state index in [0.29, 0.717) is 0 Å². The number of hydrogen-bond acceptors (Lipinski definition) is 1. The summed E-state index contributed by atoms with van der Waals surface area (Å²) >= 11 is 0. The molecule has 1 rings (SSSR count). The van der Waals surface area contributed by atoms with Crippen molar-refractivity contribution in [3.8, 4) is 11.8 Å². The van der Waals surface area contributed by atoms with E-state index in [1.54, 1.807) is 0 Å². The molecule has 1 N–H and O–H groups in total. The molecular weight excluding hydrogens is 303 g/mol. The Hall–Kier alpha value is -1.96. The summed E-state index contributed by atoms with van der Waals surface area (Å²) < 4.78 is 37.8. The molecule has 0 aliphatic rings. The van der Waals surface area contributed by atoms with Gasteiger partial charge in [-0.05, 0) is 31.0 Å². The lowest BCUT2D eigenvalue weighted by molar-refractivity contribution is -0.137. The fourth-order valence-electron chi connectivity index (χ4n) is 2.30. The van der Waals surface area contributed by atoms with Gasteiger partial charge >= 0.3 is 6.18 Å². The third-order valence-electron chi connectivity index (χ3n) is 3.42. The molecule has 0 spiro atoms. The van der Waals surface area contributed by atoms with Crippen LogP contribution >= 0.6 is 0 Å². The zero-order valence-electron chi connectivity index (χ0n) is 13.5. The Morgan fingerprint density at radius 1 is 1.22 bits per heavy atom. The number of amides is 1. The second kappa shape index (κ2) is 9.24. The van der Waals surface area contributed by atoms with Crippen LogP contribution in [0.1, 0.15) is 50.7 Å². The third-order valence-corrected chi connectivity index (χ3v) is 3.42. The minimum Gasteiger partial charge on any atom is -0.345 e. The standard InChI is InChI=1S/C18H22F3NO/c1-3-7-15(8-4-2)17(23)22-12-6-10-14-9-5-11-16(13-14)18(19,20)21/h5,9,11,13,15H,3-4,7-8,12H2,1-2H3,(H,22,23). The van der Waals surface area contributed by atoms with Gasteiger partial charge in [-0.3, -0.25) is 4.79 Å². The minimum absolute atomic E-state index is 0.0136. The molecule has 0 atom stereocenters. The number of rotatable bonds is 6. The normalized spacial score (nSPS) is 11.0. The zero-order valence-corrected chi connectivity index (χ0v) is 13.5. The maximum Gasteiger partial charge on any atom is 0.416 e. The summed E-state index contributed by atoms with van der Waals surface area (Å²) in [6, 6.07) is 4.85. The van der Waals surface area contributed by atoms with E-state index in [4.69, 9.17) is 0 Å². The van der Waals surface area contributed by atoms with E-state index in [0.717, 1.165) is 37.8 Å². The number of benzene rings is 1. The molecule has 0 fully saturated rings. The fourth-order valence-corrected chi connectivity index (χ4v) is 2.30. The van der Waals surface area contributed by atoms with Crippen molar-refractivity contribution in [3.63, 3.8) is 0 Å². The summed E-state index contributed by atoms with van der Waals surface area (Å²) in [4.78, 5) is 12.0. The van der Waals surface area contributed by atoms with Crippen molar-refractivity contribution in [3.05, 3.63) is 35.4 Å². The summed E-state index contributed by atoms with van der Waals surface area (Å²) in [5.41, 5.74) is -0.438. The van der Waals surface area contributed by atoms with Crippen LogP contribution in [0.5, 0.6) is 0 Å². The molecule has 1 aromatic rings. The second-order valence-corrected chi connectivity index (χ2v) is 5.37. The van der Waals surface area contributed by atoms with Crippen molar-refractivity contribution in [2.75, 3.05) is 6.54 Å². The first-order chi connectivity index (χ1) is 10.9. The molecular formula is C18H22F3NO. The summed E-state index contributed by atoms with van der Waals surface area (Å²) in [6.45, 7) is 4.20. The Kier molecular flexibility index (Phi) is 7.67. The third kappa shape index (κ3) is 6.77. The van der Waals surface area contributed by atoms with Gasteiger partial charge < -0.3 is 5.32 Å². The molecule has 5 heteroatoms. The molecule has 0 unspecified atom stereocenters. The van der Waals surface area contributed by atoms with Gasteiger partial charge in [0.05, 0.1) is 12.1 Å². The van der Waals surface area contributed by atoms with Crippen LogP contribution in [0.4, 0.5) is 13.2 Å². The number of hydrogen-bond donors (Lipinski definition) is 1. The number of nitrogens with one attached hydrogen (secondary N) is 1. The van der Waals surface area contributed by atoms with Gasteiger partial charge in [-0.15, -0.1) is 0 Å². The van der Waals surface area contributed by atoms with Crippen LogP contribution < -0.4 is 5.32 Å². The minimum atomic E-state index is -4.38. The molecule has 0 saturated carbocycles. The highest BCUT2D eigenvalue weighted by atomic mass is 19.4. The van der Waals surface area contributed by atoms with Crippen LogP contribution in [0.2, 0.25) is 0 Å². The highest BCUT2D eigenvalue weighted by Gasteiger charge is 2.30. The summed E-state index contributed by atoms with van der Waals surface area (Å²) in [7, 11) is 0. The first kappa shape index (κ1) is 19.1. The zero-order chi connectivity index (χ0) is 17.3. The van der Waals surface area contributed by atoms with Crippen LogP contribution in [0.25, 0.3) is 0 Å². The van der Waals surface area contributed by atoms with Crippen LogP contribution in [-0.2, 0) is 11.0 Å². The first-order valence-corrected chi connectivity index (χ1v) is 7.82. The molecule has 0 bridgehead atoms. The van der Waals surface area contributed by atoms with Crippen LogP contribution in [0.3, 0.4) is 0 Å². The van der Waals surface area contributed by atoms with E-state index in [1.165, 1.54) is 12.1 Å². The van der Waals surface area contributed by atoms with Crippen LogP contribution in [-0.4, -0.2) is 12.5 Å². The highest BCUT2D eigenvalue weighted by molar-refractivity contribution is 5.78. The molecule has 0 aliphatic carbocycles. The van der Waals surface area contributed by atoms with Crippen molar-refractivity contribution < 1.29 is 18.0 Å². The van der Waals surface area contributed by atoms with Crippen LogP contribution in [0.15, 0.2) is 24.3 Å². The highest BCUT2D eigenvalue weighted by Crippen LogP contribution is 2.29. The monoisotopic (exact) mass is 325 g/mol. The lowest BCUT2D eigenvalue weighted by Crippen LogP contribution is -2.30. The predicted molar refractivity (Wildman–Crippen MR) is 84.6 cm³/mol. The lowest BCUT2D eigenvalue weighted by Gasteiger charge is -2.13. The van der Waals surface area contributed by atoms with Gasteiger partial charge in [-0.1, -0.05) is 44.6 Å². The first-order valence-electron chi connectivity index (χ1n) is 7.82. The SMILES string of the molecule is CCCC(CCC)C(=O)NCC#Cc1cccc(C(F)(F)F)c1. The van der Waals surface area contributed by atoms with Crippen LogP contribution in [0, 0.1) is 17.8 Å². The van der Waals surface area contributed by atoms with E-state index in [1.807, 2.05) is 13.8 Å². The van der Waals surface area contributed by atoms with Gasteiger partial charge in [0.2, 0.25) is 5.91 Å². The van der Waals surface area contributed by atoms with E-state index in [9.17, 15) is 18.0 Å². The Bertz CT molecular complexity index is 564. The number of halogens is 3. The lowest BCUT2D eigenvalue weighted by atomic mass is 9.97. The largest absolute Gasteiger partial charge is 0.416 e. The maximum absolute atomic E-state index is 12.6. The number of carbonyl (C=O) groups is 1. The molecule has 0 aliphatic heterocycles. The van der Waals surface area contributed by atoms with E-state index < -0.39 is 11.7 Å². The average Bonchev–Trinajstić information content (AvgIpc) is 2.50. The molecule has 0 aromatic heterocycles. The maximum atomic E-state index is 12.6. The average molecular weight is 325 g/mol. The van der Waals surface area contributed by atoms with Gasteiger partial charge in [0, 0.05) is 11.5 Å². The van der Waals surface area contributed by atoms with Crippen molar-refractivity contribution in [2.24, 2.45) is 5.92 Å². The number of alkyl halides is 3. The van der Waals surface area contributed by atoms with Gasteiger partial charge in [0.25, 0.3) is 0 Å². The Balaban J connectivity index is 2.60. The molecule has 0 radical (unpaired) electrons. The Labute approximate surface area is 135 Å². The van der Waals surface area contributed by atoms with Crippen molar-refractivity contribution >= 4 is 5.91 Å².